The Labute approximate surface area is 135 Å². The Morgan fingerprint density at radius 1 is 1.29 bits per heavy atom. The van der Waals surface area contributed by atoms with Crippen molar-refractivity contribution in [1.29, 1.82) is 0 Å². The van der Waals surface area contributed by atoms with E-state index in [0.29, 0.717) is 22.1 Å². The highest BCUT2D eigenvalue weighted by molar-refractivity contribution is 7.21. The summed E-state index contributed by atoms with van der Waals surface area (Å²) < 4.78 is 0.928. The van der Waals surface area contributed by atoms with Gasteiger partial charge in [0.1, 0.15) is 4.88 Å². The number of hydrogen-bond acceptors (Lipinski definition) is 4. The van der Waals surface area contributed by atoms with Crippen LogP contribution < -0.4 is 11.1 Å². The van der Waals surface area contributed by atoms with Gasteiger partial charge in [0.2, 0.25) is 0 Å². The van der Waals surface area contributed by atoms with Crippen molar-refractivity contribution in [2.45, 2.75) is 13.5 Å². The Morgan fingerprint density at radius 2 is 2.10 bits per heavy atom. The molecule has 108 valence electrons. The van der Waals surface area contributed by atoms with Crippen molar-refractivity contribution in [3.8, 4) is 0 Å². The average Bonchev–Trinajstić information content (AvgIpc) is 3.01. The molecule has 0 aliphatic rings. The highest BCUT2D eigenvalue weighted by Crippen LogP contribution is 2.37. The number of nitrogen functional groups attached to an aromatic ring is 1. The Hall–Kier alpha value is -1.56. The number of amides is 1. The van der Waals surface area contributed by atoms with Gasteiger partial charge in [-0.15, -0.1) is 22.7 Å². The quantitative estimate of drug-likeness (QED) is 0.743. The molecule has 0 aliphatic heterocycles. The largest absolute Gasteiger partial charge is 0.397 e. The maximum Gasteiger partial charge on any atom is 0.263 e. The van der Waals surface area contributed by atoms with Crippen LogP contribution in [-0.4, -0.2) is 5.91 Å². The predicted octanol–water partition coefficient (Wildman–Crippen LogP) is 4.44. The number of rotatable bonds is 3. The van der Waals surface area contributed by atoms with Crippen LogP contribution in [0, 0.1) is 6.92 Å². The number of hydrogen-bond donors (Lipinski definition) is 2. The van der Waals surface area contributed by atoms with Crippen LogP contribution in [-0.2, 0) is 6.54 Å². The van der Waals surface area contributed by atoms with E-state index in [2.05, 4.69) is 5.32 Å². The number of anilines is 1. The van der Waals surface area contributed by atoms with Gasteiger partial charge in [0.15, 0.2) is 0 Å². The second-order valence-electron chi connectivity index (χ2n) is 4.65. The molecule has 3 N–H and O–H groups in total. The van der Waals surface area contributed by atoms with Crippen LogP contribution in [0.25, 0.3) is 10.1 Å². The number of carbonyl (C=O) groups excluding carboxylic acids is 1. The van der Waals surface area contributed by atoms with E-state index >= 15 is 0 Å². The van der Waals surface area contributed by atoms with Crippen LogP contribution >= 0.6 is 34.3 Å². The van der Waals surface area contributed by atoms with Crippen LogP contribution in [0.1, 0.15) is 19.4 Å². The fourth-order valence-corrected chi connectivity index (χ4v) is 4.35. The highest BCUT2D eigenvalue weighted by Gasteiger charge is 2.17. The summed E-state index contributed by atoms with van der Waals surface area (Å²) in [6.45, 7) is 2.56. The molecule has 0 radical (unpaired) electrons. The lowest BCUT2D eigenvalue weighted by Crippen LogP contribution is -2.22. The third-order valence-electron chi connectivity index (χ3n) is 3.13. The summed E-state index contributed by atoms with van der Waals surface area (Å²) in [5, 5.41) is 4.25. The number of benzene rings is 1. The molecule has 0 fully saturated rings. The van der Waals surface area contributed by atoms with Gasteiger partial charge in [-0.05, 0) is 31.2 Å². The molecule has 0 atom stereocenters. The van der Waals surface area contributed by atoms with Gasteiger partial charge >= 0.3 is 0 Å². The maximum atomic E-state index is 12.3. The lowest BCUT2D eigenvalue weighted by atomic mass is 10.2. The minimum Gasteiger partial charge on any atom is -0.397 e. The lowest BCUT2D eigenvalue weighted by molar-refractivity contribution is 0.0956. The average molecular weight is 337 g/mol. The van der Waals surface area contributed by atoms with Crippen LogP contribution in [0.2, 0.25) is 5.02 Å². The molecular formula is C15H13ClN2OS2. The summed E-state index contributed by atoms with van der Waals surface area (Å²) >= 11 is 9.19. The summed E-state index contributed by atoms with van der Waals surface area (Å²) in [6, 6.07) is 9.62. The summed E-state index contributed by atoms with van der Waals surface area (Å²) in [5.74, 6) is -0.157. The molecule has 3 rings (SSSR count). The molecule has 0 unspecified atom stereocenters. The standard InChI is InChI=1S/C15H13ClN2OS2/c1-8-5-6-9(20-8)7-18-15(19)14-13(17)12-10(16)3-2-4-11(12)21-14/h2-6H,7,17H2,1H3,(H,18,19). The van der Waals surface area contributed by atoms with Crippen LogP contribution in [0.15, 0.2) is 30.3 Å². The van der Waals surface area contributed by atoms with E-state index in [1.54, 1.807) is 17.4 Å². The molecule has 1 aromatic carbocycles. The fraction of sp³-hybridized carbons (Fsp3) is 0.133. The summed E-state index contributed by atoms with van der Waals surface area (Å²) in [7, 11) is 0. The normalized spacial score (nSPS) is 11.0. The zero-order chi connectivity index (χ0) is 15.0. The first-order chi connectivity index (χ1) is 10.1. The van der Waals surface area contributed by atoms with E-state index < -0.39 is 0 Å². The number of thiophene rings is 2. The van der Waals surface area contributed by atoms with Crippen molar-refractivity contribution in [2.75, 3.05) is 5.73 Å². The van der Waals surface area contributed by atoms with E-state index in [1.165, 1.54) is 16.2 Å². The molecule has 0 saturated heterocycles. The molecule has 3 nitrogen and oxygen atoms in total. The number of nitrogens with two attached hydrogens (primary N) is 1. The molecule has 21 heavy (non-hydrogen) atoms. The first-order valence-electron chi connectivity index (χ1n) is 6.36. The topological polar surface area (TPSA) is 55.1 Å². The van der Waals surface area contributed by atoms with Crippen molar-refractivity contribution in [3.05, 3.63) is 50.0 Å². The van der Waals surface area contributed by atoms with Gasteiger partial charge in [-0.25, -0.2) is 0 Å². The second kappa shape index (κ2) is 5.67. The number of halogens is 1. The molecular weight excluding hydrogens is 324 g/mol. The minimum absolute atomic E-state index is 0.157. The van der Waals surface area contributed by atoms with Crippen LogP contribution in [0.5, 0.6) is 0 Å². The Kier molecular flexibility index (Phi) is 3.89. The molecule has 6 heteroatoms. The molecule has 3 aromatic rings. The Bertz CT molecular complexity index is 822. The molecule has 0 spiro atoms. The van der Waals surface area contributed by atoms with Gasteiger partial charge in [-0.1, -0.05) is 17.7 Å². The van der Waals surface area contributed by atoms with Gasteiger partial charge in [0.25, 0.3) is 5.91 Å². The monoisotopic (exact) mass is 336 g/mol. The third-order valence-corrected chi connectivity index (χ3v) is 5.61. The summed E-state index contributed by atoms with van der Waals surface area (Å²) in [5.41, 5.74) is 6.54. The van der Waals surface area contributed by atoms with Crippen molar-refractivity contribution in [2.24, 2.45) is 0 Å². The fourth-order valence-electron chi connectivity index (χ4n) is 2.13. The van der Waals surface area contributed by atoms with E-state index in [-0.39, 0.29) is 5.91 Å². The summed E-state index contributed by atoms with van der Waals surface area (Å²) in [4.78, 5) is 15.2. The van der Waals surface area contributed by atoms with Gasteiger partial charge in [0, 0.05) is 19.8 Å². The third kappa shape index (κ3) is 2.77. The molecule has 0 saturated carbocycles. The maximum absolute atomic E-state index is 12.3. The first kappa shape index (κ1) is 14.4. The van der Waals surface area contributed by atoms with E-state index in [1.807, 2.05) is 31.2 Å². The van der Waals surface area contributed by atoms with Crippen LogP contribution in [0.3, 0.4) is 0 Å². The number of carbonyl (C=O) groups is 1. The number of aryl methyl sites for hydroxylation is 1. The number of fused-ring (bicyclic) bond motifs is 1. The van der Waals surface area contributed by atoms with Gasteiger partial charge in [-0.2, -0.15) is 0 Å². The minimum atomic E-state index is -0.157. The smallest absolute Gasteiger partial charge is 0.263 e. The van der Waals surface area contributed by atoms with Crippen molar-refractivity contribution >= 4 is 56.0 Å². The Balaban J connectivity index is 1.84. The highest BCUT2D eigenvalue weighted by atomic mass is 35.5. The SMILES string of the molecule is Cc1ccc(CNC(=O)c2sc3cccc(Cl)c3c2N)s1. The van der Waals surface area contributed by atoms with Gasteiger partial charge < -0.3 is 11.1 Å². The van der Waals surface area contributed by atoms with Crippen molar-refractivity contribution < 1.29 is 4.79 Å². The zero-order valence-electron chi connectivity index (χ0n) is 11.3. The van der Waals surface area contributed by atoms with Crippen LogP contribution in [0.4, 0.5) is 5.69 Å². The van der Waals surface area contributed by atoms with E-state index in [9.17, 15) is 4.79 Å². The van der Waals surface area contributed by atoms with Crippen molar-refractivity contribution in [1.82, 2.24) is 5.32 Å². The summed E-state index contributed by atoms with van der Waals surface area (Å²) in [6.07, 6.45) is 0. The van der Waals surface area contributed by atoms with Crippen molar-refractivity contribution in [3.63, 3.8) is 0 Å². The van der Waals surface area contributed by atoms with E-state index in [0.717, 1.165) is 15.0 Å². The molecule has 2 aromatic heterocycles. The molecule has 2 heterocycles. The molecule has 1 amide bonds. The molecule has 0 bridgehead atoms. The first-order valence-corrected chi connectivity index (χ1v) is 8.37. The number of nitrogens with one attached hydrogen (secondary N) is 1. The molecule has 0 aliphatic carbocycles. The predicted molar refractivity (Wildman–Crippen MR) is 91.5 cm³/mol. The van der Waals surface area contributed by atoms with Gasteiger partial charge in [-0.3, -0.25) is 4.79 Å². The van der Waals surface area contributed by atoms with Gasteiger partial charge in [0.05, 0.1) is 17.3 Å². The second-order valence-corrected chi connectivity index (χ2v) is 7.48. The zero-order valence-corrected chi connectivity index (χ0v) is 13.7. The lowest BCUT2D eigenvalue weighted by Gasteiger charge is -2.02. The Morgan fingerprint density at radius 3 is 2.76 bits per heavy atom. The van der Waals surface area contributed by atoms with E-state index in [4.69, 9.17) is 17.3 Å².